The van der Waals surface area contributed by atoms with Gasteiger partial charge < -0.3 is 10.4 Å². The molecule has 0 amide bonds. The second kappa shape index (κ2) is 7.33. The number of anilines is 1. The number of aliphatic hydroxyl groups excluding tert-OH is 1. The number of aromatic nitrogens is 4. The Morgan fingerprint density at radius 2 is 1.62 bits per heavy atom. The topological polar surface area (TPSA) is 75.3 Å². The molecule has 6 heteroatoms. The van der Waals surface area contributed by atoms with E-state index >= 15 is 0 Å². The van der Waals surface area contributed by atoms with Crippen molar-refractivity contribution in [1.82, 2.24) is 19.8 Å². The van der Waals surface area contributed by atoms with Gasteiger partial charge in [-0.3, -0.25) is 0 Å². The molecule has 0 saturated carbocycles. The van der Waals surface area contributed by atoms with Crippen molar-refractivity contribution in [3.8, 4) is 11.4 Å². The molecule has 2 heterocycles. The van der Waals surface area contributed by atoms with Crippen molar-refractivity contribution >= 4 is 11.5 Å². The predicted molar refractivity (Wildman–Crippen MR) is 101 cm³/mol. The molecule has 4 rings (SSSR count). The second-order valence-corrected chi connectivity index (χ2v) is 6.03. The smallest absolute Gasteiger partial charge is 0.185 e. The molecule has 0 bridgehead atoms. The highest BCUT2D eigenvalue weighted by atomic mass is 16.3. The first-order valence-corrected chi connectivity index (χ1v) is 8.54. The maximum absolute atomic E-state index is 9.09. The Labute approximate surface area is 151 Å². The highest BCUT2D eigenvalue weighted by Gasteiger charge is 2.09. The number of nitrogens with one attached hydrogen (secondary N) is 1. The molecule has 0 saturated heterocycles. The molecule has 0 aliphatic carbocycles. The normalized spacial score (nSPS) is 11.0. The van der Waals surface area contributed by atoms with Gasteiger partial charge in [0, 0.05) is 12.1 Å². The van der Waals surface area contributed by atoms with Crippen LogP contribution in [0.5, 0.6) is 0 Å². The standard InChI is InChI=1S/C20H19N5O/c26-14-16-8-6-15(7-9-16)12-13-21-18-10-11-19-22-23-20(25(19)24-18)17-4-2-1-3-5-17/h1-11,26H,12-14H2,(H,21,24). The van der Waals surface area contributed by atoms with E-state index in [2.05, 4.69) is 20.6 Å². The average molecular weight is 345 g/mol. The van der Waals surface area contributed by atoms with Crippen molar-refractivity contribution < 1.29 is 5.11 Å². The first-order valence-electron chi connectivity index (χ1n) is 8.54. The molecule has 0 radical (unpaired) electrons. The minimum atomic E-state index is 0.0746. The predicted octanol–water partition coefficient (Wildman–Crippen LogP) is 2.94. The van der Waals surface area contributed by atoms with Crippen LogP contribution in [0.4, 0.5) is 5.82 Å². The maximum atomic E-state index is 9.09. The Balaban J connectivity index is 1.48. The summed E-state index contributed by atoms with van der Waals surface area (Å²) in [6.45, 7) is 0.838. The summed E-state index contributed by atoms with van der Waals surface area (Å²) in [7, 11) is 0. The van der Waals surface area contributed by atoms with Gasteiger partial charge in [-0.2, -0.15) is 4.52 Å². The van der Waals surface area contributed by atoms with Gasteiger partial charge >= 0.3 is 0 Å². The number of fused-ring (bicyclic) bond motifs is 1. The summed E-state index contributed by atoms with van der Waals surface area (Å²) in [4.78, 5) is 0. The van der Waals surface area contributed by atoms with Gasteiger partial charge in [0.15, 0.2) is 11.5 Å². The van der Waals surface area contributed by atoms with Gasteiger partial charge in [-0.15, -0.1) is 15.3 Å². The average Bonchev–Trinajstić information content (AvgIpc) is 3.12. The van der Waals surface area contributed by atoms with Crippen LogP contribution in [-0.2, 0) is 13.0 Å². The van der Waals surface area contributed by atoms with Crippen molar-refractivity contribution in [2.45, 2.75) is 13.0 Å². The lowest BCUT2D eigenvalue weighted by molar-refractivity contribution is 0.282. The highest BCUT2D eigenvalue weighted by Crippen LogP contribution is 2.18. The molecule has 0 aliphatic heterocycles. The molecule has 0 spiro atoms. The Morgan fingerprint density at radius 1 is 0.846 bits per heavy atom. The molecule has 2 N–H and O–H groups in total. The van der Waals surface area contributed by atoms with E-state index in [4.69, 9.17) is 5.11 Å². The Hall–Kier alpha value is -3.25. The van der Waals surface area contributed by atoms with Crippen molar-refractivity contribution in [1.29, 1.82) is 0 Å². The Bertz CT molecular complexity index is 996. The van der Waals surface area contributed by atoms with E-state index in [-0.39, 0.29) is 6.61 Å². The van der Waals surface area contributed by atoms with Gasteiger partial charge in [0.1, 0.15) is 5.82 Å². The van der Waals surface area contributed by atoms with Crippen LogP contribution in [0.15, 0.2) is 66.7 Å². The van der Waals surface area contributed by atoms with Crippen LogP contribution in [0, 0.1) is 0 Å². The molecule has 26 heavy (non-hydrogen) atoms. The molecule has 0 unspecified atom stereocenters. The molecular formula is C20H19N5O. The first kappa shape index (κ1) is 16.2. The fraction of sp³-hybridized carbons (Fsp3) is 0.150. The lowest BCUT2D eigenvalue weighted by Gasteiger charge is -2.07. The quantitative estimate of drug-likeness (QED) is 0.562. The highest BCUT2D eigenvalue weighted by molar-refractivity contribution is 5.59. The summed E-state index contributed by atoms with van der Waals surface area (Å²) in [6.07, 6.45) is 0.874. The molecule has 2 aromatic heterocycles. The Morgan fingerprint density at radius 3 is 2.38 bits per heavy atom. The minimum Gasteiger partial charge on any atom is -0.392 e. The fourth-order valence-corrected chi connectivity index (χ4v) is 2.80. The third-order valence-corrected chi connectivity index (χ3v) is 4.22. The SMILES string of the molecule is OCc1ccc(CCNc2ccc3nnc(-c4ccccc4)n3n2)cc1. The van der Waals surface area contributed by atoms with E-state index in [1.165, 1.54) is 5.56 Å². The number of hydrogen-bond acceptors (Lipinski definition) is 5. The van der Waals surface area contributed by atoms with Crippen molar-refractivity contribution in [3.63, 3.8) is 0 Å². The molecule has 130 valence electrons. The maximum Gasteiger partial charge on any atom is 0.185 e. The van der Waals surface area contributed by atoms with Gasteiger partial charge in [-0.25, -0.2) is 0 Å². The largest absolute Gasteiger partial charge is 0.392 e. The molecule has 4 aromatic rings. The summed E-state index contributed by atoms with van der Waals surface area (Å²) >= 11 is 0. The minimum absolute atomic E-state index is 0.0746. The zero-order chi connectivity index (χ0) is 17.8. The zero-order valence-electron chi connectivity index (χ0n) is 14.2. The summed E-state index contributed by atoms with van der Waals surface area (Å²) in [5.74, 6) is 1.50. The summed E-state index contributed by atoms with van der Waals surface area (Å²) in [6, 6.07) is 21.7. The zero-order valence-corrected chi connectivity index (χ0v) is 14.2. The van der Waals surface area contributed by atoms with E-state index in [1.807, 2.05) is 66.7 Å². The number of hydrogen-bond donors (Lipinski definition) is 2. The number of benzene rings is 2. The molecule has 0 aliphatic rings. The van der Waals surface area contributed by atoms with E-state index in [1.54, 1.807) is 4.52 Å². The van der Waals surface area contributed by atoms with E-state index < -0.39 is 0 Å². The van der Waals surface area contributed by atoms with E-state index in [0.717, 1.165) is 35.7 Å². The lowest BCUT2D eigenvalue weighted by atomic mass is 10.1. The van der Waals surface area contributed by atoms with Gasteiger partial charge in [0.2, 0.25) is 0 Å². The third kappa shape index (κ3) is 3.41. The molecular weight excluding hydrogens is 326 g/mol. The molecule has 2 aromatic carbocycles. The second-order valence-electron chi connectivity index (χ2n) is 6.03. The van der Waals surface area contributed by atoms with E-state index in [9.17, 15) is 0 Å². The number of rotatable bonds is 6. The third-order valence-electron chi connectivity index (χ3n) is 4.22. The van der Waals surface area contributed by atoms with Crippen LogP contribution in [0.3, 0.4) is 0 Å². The van der Waals surface area contributed by atoms with Crippen LogP contribution in [-0.4, -0.2) is 31.5 Å². The van der Waals surface area contributed by atoms with Crippen molar-refractivity contribution in [2.75, 3.05) is 11.9 Å². The van der Waals surface area contributed by atoms with Crippen LogP contribution in [0.25, 0.3) is 17.0 Å². The summed E-state index contributed by atoms with van der Waals surface area (Å²) < 4.78 is 1.76. The van der Waals surface area contributed by atoms with Crippen LogP contribution in [0.2, 0.25) is 0 Å². The van der Waals surface area contributed by atoms with Crippen LogP contribution in [0.1, 0.15) is 11.1 Å². The summed E-state index contributed by atoms with van der Waals surface area (Å²) in [5, 5.41) is 25.5. The van der Waals surface area contributed by atoms with Gasteiger partial charge in [-0.1, -0.05) is 54.6 Å². The van der Waals surface area contributed by atoms with E-state index in [0.29, 0.717) is 5.65 Å². The monoisotopic (exact) mass is 345 g/mol. The van der Waals surface area contributed by atoms with Crippen LogP contribution < -0.4 is 5.32 Å². The first-order chi connectivity index (χ1) is 12.8. The van der Waals surface area contributed by atoms with Crippen LogP contribution >= 0.6 is 0 Å². The fourth-order valence-electron chi connectivity index (χ4n) is 2.80. The number of nitrogens with zero attached hydrogens (tertiary/aromatic N) is 4. The number of aliphatic hydroxyl groups is 1. The molecule has 0 fully saturated rings. The molecule has 0 atom stereocenters. The van der Waals surface area contributed by atoms with Crippen molar-refractivity contribution in [2.24, 2.45) is 0 Å². The molecule has 6 nitrogen and oxygen atoms in total. The summed E-state index contributed by atoms with van der Waals surface area (Å²) in [5.41, 5.74) is 3.84. The van der Waals surface area contributed by atoms with Gasteiger partial charge in [0.25, 0.3) is 0 Å². The Kier molecular flexibility index (Phi) is 4.57. The van der Waals surface area contributed by atoms with Gasteiger partial charge in [0.05, 0.1) is 6.61 Å². The van der Waals surface area contributed by atoms with Gasteiger partial charge in [-0.05, 0) is 29.7 Å². The van der Waals surface area contributed by atoms with Crippen molar-refractivity contribution in [3.05, 3.63) is 77.9 Å². The lowest BCUT2D eigenvalue weighted by Crippen LogP contribution is -2.08.